The SMILES string of the molecule is COCCCNC(=O)C(C#N)C(=O)c1ccc(Br)cc1. The Hall–Kier alpha value is -1.71. The molecular formula is C14H15BrN2O3. The van der Waals surface area contributed by atoms with Crippen molar-refractivity contribution in [1.29, 1.82) is 5.26 Å². The molecule has 0 fully saturated rings. The minimum atomic E-state index is -1.32. The maximum atomic E-state index is 12.1. The lowest BCUT2D eigenvalue weighted by Crippen LogP contribution is -2.35. The Labute approximate surface area is 126 Å². The molecule has 1 atom stereocenters. The molecule has 1 aromatic carbocycles. The van der Waals surface area contributed by atoms with Crippen molar-refractivity contribution >= 4 is 27.6 Å². The molecule has 1 unspecified atom stereocenters. The molecule has 0 aromatic heterocycles. The Morgan fingerprint density at radius 3 is 2.60 bits per heavy atom. The summed E-state index contributed by atoms with van der Waals surface area (Å²) in [6.07, 6.45) is 0.632. The summed E-state index contributed by atoms with van der Waals surface area (Å²) in [7, 11) is 1.57. The standard InChI is InChI=1S/C14H15BrN2O3/c1-20-8-2-7-17-14(19)12(9-16)13(18)10-3-5-11(15)6-4-10/h3-6,12H,2,7-8H2,1H3,(H,17,19). The van der Waals surface area contributed by atoms with Crippen LogP contribution in [0.25, 0.3) is 0 Å². The number of ketones is 1. The molecule has 0 saturated heterocycles. The lowest BCUT2D eigenvalue weighted by Gasteiger charge is -2.09. The average Bonchev–Trinajstić information content (AvgIpc) is 2.45. The highest BCUT2D eigenvalue weighted by Crippen LogP contribution is 2.14. The summed E-state index contributed by atoms with van der Waals surface area (Å²) in [5.74, 6) is -2.39. The van der Waals surface area contributed by atoms with Crippen LogP contribution < -0.4 is 5.32 Å². The van der Waals surface area contributed by atoms with Gasteiger partial charge in [0.25, 0.3) is 0 Å². The van der Waals surface area contributed by atoms with Gasteiger partial charge in [0, 0.05) is 30.3 Å². The van der Waals surface area contributed by atoms with E-state index in [0.717, 1.165) is 4.47 Å². The van der Waals surface area contributed by atoms with Crippen LogP contribution in [0.5, 0.6) is 0 Å². The third-order valence-corrected chi connectivity index (χ3v) is 3.14. The minimum absolute atomic E-state index is 0.340. The average molecular weight is 339 g/mol. The number of Topliss-reactive ketones (excluding diaryl/α,β-unsaturated/α-hetero) is 1. The number of halogens is 1. The predicted octanol–water partition coefficient (Wildman–Crippen LogP) is 1.92. The van der Waals surface area contributed by atoms with Crippen LogP contribution in [0.4, 0.5) is 0 Å². The molecule has 1 rings (SSSR count). The topological polar surface area (TPSA) is 79.2 Å². The van der Waals surface area contributed by atoms with E-state index < -0.39 is 17.6 Å². The van der Waals surface area contributed by atoms with Gasteiger partial charge < -0.3 is 10.1 Å². The second-order valence-corrected chi connectivity index (χ2v) is 4.99. The second-order valence-electron chi connectivity index (χ2n) is 4.07. The second kappa shape index (κ2) is 8.46. The molecule has 1 amide bonds. The van der Waals surface area contributed by atoms with Crippen molar-refractivity contribution in [3.8, 4) is 6.07 Å². The van der Waals surface area contributed by atoms with E-state index in [0.29, 0.717) is 25.1 Å². The number of benzene rings is 1. The van der Waals surface area contributed by atoms with Gasteiger partial charge in [0.15, 0.2) is 11.7 Å². The summed E-state index contributed by atoms with van der Waals surface area (Å²) in [6.45, 7) is 0.886. The summed E-state index contributed by atoms with van der Waals surface area (Å²) < 4.78 is 5.68. The van der Waals surface area contributed by atoms with E-state index in [1.165, 1.54) is 0 Å². The van der Waals surface area contributed by atoms with Crippen LogP contribution in [-0.4, -0.2) is 32.0 Å². The van der Waals surface area contributed by atoms with Crippen LogP contribution in [0.15, 0.2) is 28.7 Å². The highest BCUT2D eigenvalue weighted by Gasteiger charge is 2.27. The molecule has 5 nitrogen and oxygen atoms in total. The predicted molar refractivity (Wildman–Crippen MR) is 77.1 cm³/mol. The van der Waals surface area contributed by atoms with Gasteiger partial charge in [0.05, 0.1) is 6.07 Å². The highest BCUT2D eigenvalue weighted by molar-refractivity contribution is 9.10. The monoisotopic (exact) mass is 338 g/mol. The molecule has 1 N–H and O–H groups in total. The molecular weight excluding hydrogens is 324 g/mol. The number of nitrogens with zero attached hydrogens (tertiary/aromatic N) is 1. The molecule has 6 heteroatoms. The molecule has 20 heavy (non-hydrogen) atoms. The maximum Gasteiger partial charge on any atom is 0.245 e. The number of carbonyl (C=O) groups excluding carboxylic acids is 2. The minimum Gasteiger partial charge on any atom is -0.385 e. The van der Waals surface area contributed by atoms with Gasteiger partial charge in [-0.2, -0.15) is 5.26 Å². The fourth-order valence-electron chi connectivity index (χ4n) is 1.55. The fourth-order valence-corrected chi connectivity index (χ4v) is 1.81. The third-order valence-electron chi connectivity index (χ3n) is 2.61. The molecule has 0 radical (unpaired) electrons. The van der Waals surface area contributed by atoms with E-state index in [1.54, 1.807) is 37.4 Å². The zero-order valence-electron chi connectivity index (χ0n) is 11.1. The number of ether oxygens (including phenoxy) is 1. The maximum absolute atomic E-state index is 12.1. The molecule has 0 spiro atoms. The first-order chi connectivity index (χ1) is 9.60. The number of hydrogen-bond donors (Lipinski definition) is 1. The zero-order valence-corrected chi connectivity index (χ0v) is 12.6. The molecule has 0 saturated carbocycles. The Morgan fingerprint density at radius 2 is 2.05 bits per heavy atom. The van der Waals surface area contributed by atoms with Gasteiger partial charge in [0.2, 0.25) is 5.91 Å². The Kier molecular flexibility index (Phi) is 6.91. The van der Waals surface area contributed by atoms with Gasteiger partial charge in [-0.25, -0.2) is 0 Å². The largest absolute Gasteiger partial charge is 0.385 e. The number of nitrogens with one attached hydrogen (secondary N) is 1. The first-order valence-electron chi connectivity index (χ1n) is 6.06. The summed E-state index contributed by atoms with van der Waals surface area (Å²) >= 11 is 3.26. The van der Waals surface area contributed by atoms with E-state index in [4.69, 9.17) is 10.00 Å². The summed E-state index contributed by atoms with van der Waals surface area (Å²) in [5, 5.41) is 11.6. The lowest BCUT2D eigenvalue weighted by atomic mass is 9.98. The summed E-state index contributed by atoms with van der Waals surface area (Å²) in [6, 6.07) is 8.29. The van der Waals surface area contributed by atoms with E-state index in [1.807, 2.05) is 0 Å². The van der Waals surface area contributed by atoms with E-state index in [2.05, 4.69) is 21.2 Å². The third kappa shape index (κ3) is 4.76. The Balaban J connectivity index is 2.65. The van der Waals surface area contributed by atoms with Crippen molar-refractivity contribution < 1.29 is 14.3 Å². The molecule has 0 aliphatic heterocycles. The molecule has 106 valence electrons. The van der Waals surface area contributed by atoms with Crippen LogP contribution in [0.1, 0.15) is 16.8 Å². The number of carbonyl (C=O) groups is 2. The number of hydrogen-bond acceptors (Lipinski definition) is 4. The number of methoxy groups -OCH3 is 1. The van der Waals surface area contributed by atoms with Crippen molar-refractivity contribution in [2.24, 2.45) is 5.92 Å². The van der Waals surface area contributed by atoms with Gasteiger partial charge in [-0.3, -0.25) is 9.59 Å². The zero-order chi connectivity index (χ0) is 15.0. The van der Waals surface area contributed by atoms with Gasteiger partial charge >= 0.3 is 0 Å². The van der Waals surface area contributed by atoms with Crippen molar-refractivity contribution in [2.75, 3.05) is 20.3 Å². The van der Waals surface area contributed by atoms with E-state index in [9.17, 15) is 9.59 Å². The van der Waals surface area contributed by atoms with E-state index >= 15 is 0 Å². The normalized spacial score (nSPS) is 11.4. The van der Waals surface area contributed by atoms with Crippen molar-refractivity contribution in [3.63, 3.8) is 0 Å². The smallest absolute Gasteiger partial charge is 0.245 e. The van der Waals surface area contributed by atoms with Crippen LogP contribution >= 0.6 is 15.9 Å². The number of nitriles is 1. The molecule has 0 bridgehead atoms. The van der Waals surface area contributed by atoms with Crippen LogP contribution in [0, 0.1) is 17.2 Å². The summed E-state index contributed by atoms with van der Waals surface area (Å²) in [4.78, 5) is 23.9. The number of rotatable bonds is 7. The van der Waals surface area contributed by atoms with Gasteiger partial charge in [-0.1, -0.05) is 28.1 Å². The molecule has 0 heterocycles. The number of amides is 1. The van der Waals surface area contributed by atoms with E-state index in [-0.39, 0.29) is 0 Å². The fraction of sp³-hybridized carbons (Fsp3) is 0.357. The Bertz CT molecular complexity index is 508. The van der Waals surface area contributed by atoms with Crippen molar-refractivity contribution in [1.82, 2.24) is 5.32 Å². The first-order valence-corrected chi connectivity index (χ1v) is 6.85. The Morgan fingerprint density at radius 1 is 1.40 bits per heavy atom. The van der Waals surface area contributed by atoms with Crippen LogP contribution in [0.2, 0.25) is 0 Å². The van der Waals surface area contributed by atoms with Gasteiger partial charge in [-0.05, 0) is 18.6 Å². The molecule has 1 aromatic rings. The molecule has 0 aliphatic carbocycles. The van der Waals surface area contributed by atoms with Crippen LogP contribution in [0.3, 0.4) is 0 Å². The summed E-state index contributed by atoms with van der Waals surface area (Å²) in [5.41, 5.74) is 0.340. The van der Waals surface area contributed by atoms with Gasteiger partial charge in [-0.15, -0.1) is 0 Å². The van der Waals surface area contributed by atoms with Crippen molar-refractivity contribution in [2.45, 2.75) is 6.42 Å². The molecule has 0 aliphatic rings. The van der Waals surface area contributed by atoms with Crippen molar-refractivity contribution in [3.05, 3.63) is 34.3 Å². The lowest BCUT2D eigenvalue weighted by molar-refractivity contribution is -0.122. The quantitative estimate of drug-likeness (QED) is 0.468. The van der Waals surface area contributed by atoms with Crippen LogP contribution in [-0.2, 0) is 9.53 Å². The first kappa shape index (κ1) is 16.3. The highest BCUT2D eigenvalue weighted by atomic mass is 79.9. The van der Waals surface area contributed by atoms with Gasteiger partial charge in [0.1, 0.15) is 0 Å².